The Hall–Kier alpha value is -2.10. The minimum absolute atomic E-state index is 0.228. The van der Waals surface area contributed by atoms with E-state index in [9.17, 15) is 4.79 Å². The number of benzene rings is 1. The summed E-state index contributed by atoms with van der Waals surface area (Å²) in [4.78, 5) is 15.3. The summed E-state index contributed by atoms with van der Waals surface area (Å²) in [6.07, 6.45) is 0. The first-order valence-corrected chi connectivity index (χ1v) is 5.39. The van der Waals surface area contributed by atoms with Crippen LogP contribution in [0, 0.1) is 6.92 Å². The van der Waals surface area contributed by atoms with E-state index in [1.54, 1.807) is 19.1 Å². The molecule has 2 aromatic rings. The Balaban J connectivity index is 2.59. The summed E-state index contributed by atoms with van der Waals surface area (Å²) < 4.78 is 5.37. The van der Waals surface area contributed by atoms with Crippen LogP contribution in [-0.4, -0.2) is 22.7 Å². The Morgan fingerprint density at radius 3 is 2.82 bits per heavy atom. The Bertz CT molecular complexity index is 578. The summed E-state index contributed by atoms with van der Waals surface area (Å²) in [7, 11) is 0. The highest BCUT2D eigenvalue weighted by molar-refractivity contribution is 5.94. The number of carbonyl (C=O) groups is 1. The maximum absolute atomic E-state index is 11.0. The van der Waals surface area contributed by atoms with Gasteiger partial charge in [-0.15, -0.1) is 0 Å². The molecule has 0 amide bonds. The number of ether oxygens (including phenoxy) is 1. The van der Waals surface area contributed by atoms with Crippen molar-refractivity contribution in [2.45, 2.75) is 13.8 Å². The second kappa shape index (κ2) is 4.41. The third kappa shape index (κ3) is 2.20. The number of fused-ring (bicyclic) bond motifs is 1. The van der Waals surface area contributed by atoms with Crippen molar-refractivity contribution in [2.75, 3.05) is 6.61 Å². The van der Waals surface area contributed by atoms with E-state index >= 15 is 0 Å². The molecule has 0 spiro atoms. The third-order valence-electron chi connectivity index (χ3n) is 2.52. The van der Waals surface area contributed by atoms with Gasteiger partial charge in [-0.1, -0.05) is 0 Å². The number of rotatable bonds is 3. The first kappa shape index (κ1) is 11.4. The van der Waals surface area contributed by atoms with Crippen LogP contribution in [0.2, 0.25) is 0 Å². The molecule has 1 N–H and O–H groups in total. The van der Waals surface area contributed by atoms with Crippen molar-refractivity contribution in [1.29, 1.82) is 0 Å². The van der Waals surface area contributed by atoms with E-state index in [1.165, 1.54) is 0 Å². The first-order chi connectivity index (χ1) is 8.11. The maximum atomic E-state index is 11.0. The lowest BCUT2D eigenvalue weighted by Gasteiger charge is -2.06. The van der Waals surface area contributed by atoms with Gasteiger partial charge < -0.3 is 9.84 Å². The number of aromatic carboxylic acids is 1. The van der Waals surface area contributed by atoms with Crippen molar-refractivity contribution in [3.63, 3.8) is 0 Å². The molecule has 0 radical (unpaired) electrons. The molecule has 0 atom stereocenters. The smallest absolute Gasteiger partial charge is 0.337 e. The summed E-state index contributed by atoms with van der Waals surface area (Å²) >= 11 is 0. The van der Waals surface area contributed by atoms with E-state index in [0.29, 0.717) is 12.3 Å². The summed E-state index contributed by atoms with van der Waals surface area (Å²) in [5.41, 5.74) is 1.52. The van der Waals surface area contributed by atoms with Crippen LogP contribution in [0.25, 0.3) is 10.9 Å². The van der Waals surface area contributed by atoms with Crippen LogP contribution < -0.4 is 4.74 Å². The van der Waals surface area contributed by atoms with Gasteiger partial charge in [0.05, 0.1) is 23.4 Å². The molecular formula is C13H13NO3. The van der Waals surface area contributed by atoms with Gasteiger partial charge in [-0.2, -0.15) is 0 Å². The van der Waals surface area contributed by atoms with Crippen LogP contribution in [-0.2, 0) is 0 Å². The molecule has 0 saturated carbocycles. The predicted octanol–water partition coefficient (Wildman–Crippen LogP) is 2.64. The SMILES string of the molecule is CCOc1ccc2nc(C)c(C(=O)O)cc2c1. The predicted molar refractivity (Wildman–Crippen MR) is 64.6 cm³/mol. The highest BCUT2D eigenvalue weighted by Crippen LogP contribution is 2.22. The van der Waals surface area contributed by atoms with Gasteiger partial charge in [0.15, 0.2) is 0 Å². The number of aryl methyl sites for hydroxylation is 1. The average Bonchev–Trinajstić information content (AvgIpc) is 2.28. The fourth-order valence-electron chi connectivity index (χ4n) is 1.72. The van der Waals surface area contributed by atoms with E-state index in [1.807, 2.05) is 19.1 Å². The van der Waals surface area contributed by atoms with Crippen molar-refractivity contribution >= 4 is 16.9 Å². The van der Waals surface area contributed by atoms with E-state index in [-0.39, 0.29) is 5.56 Å². The van der Waals surface area contributed by atoms with E-state index in [0.717, 1.165) is 16.7 Å². The summed E-state index contributed by atoms with van der Waals surface area (Å²) in [6, 6.07) is 7.10. The van der Waals surface area contributed by atoms with Gasteiger partial charge in [-0.05, 0) is 38.1 Å². The van der Waals surface area contributed by atoms with Gasteiger partial charge in [0.2, 0.25) is 0 Å². The topological polar surface area (TPSA) is 59.4 Å². The molecule has 0 saturated heterocycles. The molecule has 0 fully saturated rings. The molecule has 2 rings (SSSR count). The standard InChI is InChI=1S/C13H13NO3/c1-3-17-10-4-5-12-9(6-10)7-11(13(15)16)8(2)14-12/h4-7H,3H2,1-2H3,(H,15,16). The van der Waals surface area contributed by atoms with E-state index < -0.39 is 5.97 Å². The van der Waals surface area contributed by atoms with E-state index in [2.05, 4.69) is 4.98 Å². The number of nitrogens with zero attached hydrogens (tertiary/aromatic N) is 1. The number of pyridine rings is 1. The number of hydrogen-bond acceptors (Lipinski definition) is 3. The molecule has 4 nitrogen and oxygen atoms in total. The number of hydrogen-bond donors (Lipinski definition) is 1. The largest absolute Gasteiger partial charge is 0.494 e. The van der Waals surface area contributed by atoms with Crippen LogP contribution in [0.15, 0.2) is 24.3 Å². The Kier molecular flexibility index (Phi) is 2.95. The van der Waals surface area contributed by atoms with Gasteiger partial charge in [-0.3, -0.25) is 4.98 Å². The van der Waals surface area contributed by atoms with Gasteiger partial charge >= 0.3 is 5.97 Å². The normalized spacial score (nSPS) is 10.5. The molecular weight excluding hydrogens is 218 g/mol. The quantitative estimate of drug-likeness (QED) is 0.882. The Morgan fingerprint density at radius 1 is 1.41 bits per heavy atom. The van der Waals surface area contributed by atoms with Crippen LogP contribution >= 0.6 is 0 Å². The minimum Gasteiger partial charge on any atom is -0.494 e. The van der Waals surface area contributed by atoms with Crippen LogP contribution in [0.3, 0.4) is 0 Å². The van der Waals surface area contributed by atoms with Crippen molar-refractivity contribution in [3.8, 4) is 5.75 Å². The third-order valence-corrected chi connectivity index (χ3v) is 2.52. The fraction of sp³-hybridized carbons (Fsp3) is 0.231. The van der Waals surface area contributed by atoms with Gasteiger partial charge in [-0.25, -0.2) is 4.79 Å². The highest BCUT2D eigenvalue weighted by atomic mass is 16.5. The van der Waals surface area contributed by atoms with Crippen LogP contribution in [0.1, 0.15) is 23.0 Å². The second-order valence-corrected chi connectivity index (χ2v) is 3.71. The molecule has 1 aromatic heterocycles. The second-order valence-electron chi connectivity index (χ2n) is 3.71. The maximum Gasteiger partial charge on any atom is 0.337 e. The fourth-order valence-corrected chi connectivity index (χ4v) is 1.72. The molecule has 1 aromatic carbocycles. The minimum atomic E-state index is -0.960. The average molecular weight is 231 g/mol. The van der Waals surface area contributed by atoms with Gasteiger partial charge in [0.25, 0.3) is 0 Å². The van der Waals surface area contributed by atoms with Crippen LogP contribution in [0.4, 0.5) is 0 Å². The first-order valence-electron chi connectivity index (χ1n) is 5.39. The number of carboxylic acids is 1. The Morgan fingerprint density at radius 2 is 2.18 bits per heavy atom. The lowest BCUT2D eigenvalue weighted by molar-refractivity contribution is 0.0696. The molecule has 0 bridgehead atoms. The van der Waals surface area contributed by atoms with Crippen molar-refractivity contribution in [3.05, 3.63) is 35.5 Å². The zero-order valence-corrected chi connectivity index (χ0v) is 9.73. The van der Waals surface area contributed by atoms with Gasteiger partial charge in [0.1, 0.15) is 5.75 Å². The lowest BCUT2D eigenvalue weighted by atomic mass is 10.1. The molecule has 17 heavy (non-hydrogen) atoms. The monoisotopic (exact) mass is 231 g/mol. The summed E-state index contributed by atoms with van der Waals surface area (Å²) in [6.45, 7) is 4.18. The van der Waals surface area contributed by atoms with Crippen molar-refractivity contribution in [2.24, 2.45) is 0 Å². The lowest BCUT2D eigenvalue weighted by Crippen LogP contribution is -2.02. The highest BCUT2D eigenvalue weighted by Gasteiger charge is 2.10. The van der Waals surface area contributed by atoms with Crippen LogP contribution in [0.5, 0.6) is 5.75 Å². The molecule has 4 heteroatoms. The number of carboxylic acid groups (broad SMARTS) is 1. The van der Waals surface area contributed by atoms with Crippen molar-refractivity contribution < 1.29 is 14.6 Å². The van der Waals surface area contributed by atoms with Gasteiger partial charge in [0, 0.05) is 5.39 Å². The molecule has 0 aliphatic carbocycles. The van der Waals surface area contributed by atoms with E-state index in [4.69, 9.17) is 9.84 Å². The number of aromatic nitrogens is 1. The van der Waals surface area contributed by atoms with Crippen molar-refractivity contribution in [1.82, 2.24) is 4.98 Å². The molecule has 0 aliphatic heterocycles. The summed E-state index contributed by atoms with van der Waals surface area (Å²) in [5, 5.41) is 9.80. The molecule has 1 heterocycles. The molecule has 0 unspecified atom stereocenters. The Labute approximate surface area is 98.9 Å². The molecule has 88 valence electrons. The summed E-state index contributed by atoms with van der Waals surface area (Å²) in [5.74, 6) is -0.235. The zero-order valence-electron chi connectivity index (χ0n) is 9.73. The molecule has 0 aliphatic rings. The zero-order chi connectivity index (χ0) is 12.4.